The van der Waals surface area contributed by atoms with Crippen molar-refractivity contribution in [2.24, 2.45) is 45.8 Å². The maximum absolute atomic E-state index is 11.4. The van der Waals surface area contributed by atoms with E-state index in [2.05, 4.69) is 40.7 Å². The second-order valence-electron chi connectivity index (χ2n) is 12.8. The van der Waals surface area contributed by atoms with E-state index in [0.717, 1.165) is 31.6 Å². The van der Waals surface area contributed by atoms with Gasteiger partial charge in [-0.3, -0.25) is 0 Å². The summed E-state index contributed by atoms with van der Waals surface area (Å²) >= 11 is 0. The first-order chi connectivity index (χ1) is 14.6. The van der Waals surface area contributed by atoms with E-state index in [1.807, 2.05) is 0 Å². The van der Waals surface area contributed by atoms with Crippen molar-refractivity contribution in [3.8, 4) is 0 Å². The maximum Gasteiger partial charge on any atom is 0.0760 e. The normalized spacial score (nSPS) is 48.9. The predicted octanol–water partition coefficient (Wildman–Crippen LogP) is 5.72. The van der Waals surface area contributed by atoms with Crippen LogP contribution in [0.15, 0.2) is 11.6 Å². The van der Waals surface area contributed by atoms with Crippen molar-refractivity contribution in [3.05, 3.63) is 11.6 Å². The van der Waals surface area contributed by atoms with Crippen molar-refractivity contribution in [1.29, 1.82) is 0 Å². The van der Waals surface area contributed by atoms with Crippen molar-refractivity contribution in [1.82, 2.24) is 0 Å². The van der Waals surface area contributed by atoms with Gasteiger partial charge in [-0.25, -0.2) is 0 Å². The van der Waals surface area contributed by atoms with Gasteiger partial charge in [-0.05, 0) is 97.2 Å². The fourth-order valence-corrected chi connectivity index (χ4v) is 9.11. The molecule has 3 heteroatoms. The number of aliphatic hydroxyl groups excluding tert-OH is 3. The number of hydrogen-bond acceptors (Lipinski definition) is 3. The first kappa shape index (κ1) is 23.8. The summed E-state index contributed by atoms with van der Waals surface area (Å²) in [6.45, 7) is 12.4. The van der Waals surface area contributed by atoms with Gasteiger partial charge in [-0.1, -0.05) is 59.1 Å². The molecule has 4 aliphatic carbocycles. The van der Waals surface area contributed by atoms with E-state index in [-0.39, 0.29) is 23.0 Å². The molecule has 0 bridgehead atoms. The molecule has 10 atom stereocenters. The van der Waals surface area contributed by atoms with Crippen molar-refractivity contribution in [2.45, 2.75) is 111 Å². The van der Waals surface area contributed by atoms with E-state index in [0.29, 0.717) is 35.7 Å². The highest BCUT2D eigenvalue weighted by Gasteiger charge is 2.66. The Morgan fingerprint density at radius 1 is 0.968 bits per heavy atom. The second-order valence-corrected chi connectivity index (χ2v) is 12.8. The van der Waals surface area contributed by atoms with E-state index in [9.17, 15) is 15.3 Å². The van der Waals surface area contributed by atoms with Gasteiger partial charge in [0.15, 0.2) is 0 Å². The van der Waals surface area contributed by atoms with Crippen LogP contribution in [0.5, 0.6) is 0 Å². The Labute approximate surface area is 190 Å². The Kier molecular flexibility index (Phi) is 6.47. The summed E-state index contributed by atoms with van der Waals surface area (Å²) in [6, 6.07) is 0. The molecule has 3 fully saturated rings. The fourth-order valence-electron chi connectivity index (χ4n) is 9.11. The highest BCUT2D eigenvalue weighted by molar-refractivity contribution is 5.29. The summed E-state index contributed by atoms with van der Waals surface area (Å²) in [4.78, 5) is 0. The van der Waals surface area contributed by atoms with E-state index >= 15 is 0 Å². The lowest BCUT2D eigenvalue weighted by molar-refractivity contribution is -0.148. The number of rotatable bonds is 6. The first-order valence-electron chi connectivity index (χ1n) is 13.2. The summed E-state index contributed by atoms with van der Waals surface area (Å²) < 4.78 is 0. The first-order valence-corrected chi connectivity index (χ1v) is 13.2. The fraction of sp³-hybridized carbons (Fsp3) is 0.929. The molecule has 0 aromatic carbocycles. The smallest absolute Gasteiger partial charge is 0.0760 e. The van der Waals surface area contributed by atoms with Crippen LogP contribution in [0.25, 0.3) is 0 Å². The van der Waals surface area contributed by atoms with Crippen LogP contribution in [0.2, 0.25) is 0 Å². The lowest BCUT2D eigenvalue weighted by Crippen LogP contribution is -2.59. The van der Waals surface area contributed by atoms with Crippen molar-refractivity contribution in [3.63, 3.8) is 0 Å². The number of hydrogen-bond donors (Lipinski definition) is 3. The molecule has 3 saturated carbocycles. The van der Waals surface area contributed by atoms with Crippen LogP contribution in [-0.2, 0) is 0 Å². The maximum atomic E-state index is 11.4. The Bertz CT molecular complexity index is 688. The minimum Gasteiger partial charge on any atom is -0.396 e. The van der Waals surface area contributed by atoms with Crippen LogP contribution in [-0.4, -0.2) is 34.1 Å². The van der Waals surface area contributed by atoms with Gasteiger partial charge in [-0.15, -0.1) is 0 Å². The average Bonchev–Trinajstić information content (AvgIpc) is 3.00. The molecule has 0 amide bonds. The standard InChI is InChI=1S/C28H48O3/c1-18(17-29)7-6-8-19(2)22-10-14-28(5)25-23(11-13-27(22,28)4)26(3)12-9-21(30)15-20(26)16-24(25)31/h16,18-19,21-25,29-31H,6-15,17H2,1-5H3/t18-,19-,21+,22-,23+,24+,25+,26+,27-,28+/m1/s1. The van der Waals surface area contributed by atoms with E-state index in [1.54, 1.807) is 0 Å². The molecule has 0 radical (unpaired) electrons. The molecule has 0 heterocycles. The van der Waals surface area contributed by atoms with Crippen LogP contribution in [0.4, 0.5) is 0 Å². The van der Waals surface area contributed by atoms with Crippen molar-refractivity contribution < 1.29 is 15.3 Å². The lowest BCUT2D eigenvalue weighted by Gasteiger charge is -2.63. The highest BCUT2D eigenvalue weighted by atomic mass is 16.3. The highest BCUT2D eigenvalue weighted by Crippen LogP contribution is 2.72. The Morgan fingerprint density at radius 3 is 2.39 bits per heavy atom. The Morgan fingerprint density at radius 2 is 1.68 bits per heavy atom. The summed E-state index contributed by atoms with van der Waals surface area (Å²) in [5, 5.41) is 31.1. The summed E-state index contributed by atoms with van der Waals surface area (Å²) in [5.74, 6) is 2.76. The zero-order chi connectivity index (χ0) is 22.6. The Balaban J connectivity index is 1.56. The zero-order valence-corrected chi connectivity index (χ0v) is 20.7. The molecular weight excluding hydrogens is 384 g/mol. The third-order valence-electron chi connectivity index (χ3n) is 11.3. The topological polar surface area (TPSA) is 60.7 Å². The van der Waals surface area contributed by atoms with Gasteiger partial charge in [0.25, 0.3) is 0 Å². The molecule has 0 aromatic heterocycles. The second kappa shape index (κ2) is 8.44. The summed E-state index contributed by atoms with van der Waals surface area (Å²) in [6.07, 6.45) is 13.0. The molecule has 4 aliphatic rings. The van der Waals surface area contributed by atoms with Crippen molar-refractivity contribution in [2.75, 3.05) is 6.61 Å². The molecule has 3 nitrogen and oxygen atoms in total. The van der Waals surface area contributed by atoms with Gasteiger partial charge in [0, 0.05) is 6.61 Å². The number of aliphatic hydroxyl groups is 3. The summed E-state index contributed by atoms with van der Waals surface area (Å²) in [7, 11) is 0. The molecule has 4 rings (SSSR count). The molecule has 0 saturated heterocycles. The van der Waals surface area contributed by atoms with Gasteiger partial charge in [0.2, 0.25) is 0 Å². The van der Waals surface area contributed by atoms with E-state index < -0.39 is 0 Å². The van der Waals surface area contributed by atoms with Gasteiger partial charge in [-0.2, -0.15) is 0 Å². The largest absolute Gasteiger partial charge is 0.396 e. The van der Waals surface area contributed by atoms with Gasteiger partial charge < -0.3 is 15.3 Å². The molecule has 0 aromatic rings. The predicted molar refractivity (Wildman–Crippen MR) is 126 cm³/mol. The zero-order valence-electron chi connectivity index (χ0n) is 20.7. The van der Waals surface area contributed by atoms with Gasteiger partial charge >= 0.3 is 0 Å². The summed E-state index contributed by atoms with van der Waals surface area (Å²) in [5.41, 5.74) is 1.99. The molecular formula is C28H48O3. The molecule has 0 aliphatic heterocycles. The third kappa shape index (κ3) is 3.66. The molecule has 3 N–H and O–H groups in total. The monoisotopic (exact) mass is 432 g/mol. The van der Waals surface area contributed by atoms with E-state index in [1.165, 1.54) is 44.1 Å². The van der Waals surface area contributed by atoms with Crippen LogP contribution in [0.1, 0.15) is 98.8 Å². The number of fused-ring (bicyclic) bond motifs is 5. The SMILES string of the molecule is C[C@@H](CO)CCC[C@@H](C)[C@H]1CC[C@@]2(C)[C@@H]3[C@@H](O)C=C4C[C@@H](O)CC[C@]4(C)[C@H]3CC[C@]12C. The minimum atomic E-state index is -0.359. The third-order valence-corrected chi connectivity index (χ3v) is 11.3. The molecule has 31 heavy (non-hydrogen) atoms. The lowest BCUT2D eigenvalue weighted by atomic mass is 9.41. The molecule has 0 spiro atoms. The quantitative estimate of drug-likeness (QED) is 0.470. The van der Waals surface area contributed by atoms with Gasteiger partial charge in [0.05, 0.1) is 12.2 Å². The Hall–Kier alpha value is -0.380. The van der Waals surface area contributed by atoms with Crippen LogP contribution in [0.3, 0.4) is 0 Å². The van der Waals surface area contributed by atoms with Crippen LogP contribution < -0.4 is 0 Å². The van der Waals surface area contributed by atoms with E-state index in [4.69, 9.17) is 0 Å². The van der Waals surface area contributed by atoms with Crippen molar-refractivity contribution >= 4 is 0 Å². The van der Waals surface area contributed by atoms with Crippen LogP contribution in [0, 0.1) is 45.8 Å². The minimum absolute atomic E-state index is 0.164. The average molecular weight is 433 g/mol. The van der Waals surface area contributed by atoms with Crippen LogP contribution >= 0.6 is 0 Å². The molecule has 0 unspecified atom stereocenters. The van der Waals surface area contributed by atoms with Gasteiger partial charge in [0.1, 0.15) is 0 Å². The molecule has 178 valence electrons.